The van der Waals surface area contributed by atoms with Gasteiger partial charge in [0.15, 0.2) is 0 Å². The minimum absolute atomic E-state index is 0.130. The molecule has 2 rings (SSSR count). The number of quaternary nitrogens is 1. The number of nitrogens with two attached hydrogens (primary N) is 1. The third-order valence-corrected chi connectivity index (χ3v) is 2.34. The number of para-hydroxylation sites is 1. The van der Waals surface area contributed by atoms with Crippen molar-refractivity contribution in [3.8, 4) is 5.75 Å². The predicted octanol–water partition coefficient (Wildman–Crippen LogP) is -1.15. The lowest BCUT2D eigenvalue weighted by atomic mass is 10.1. The number of aldehydes is 1. The first kappa shape index (κ1) is 14.1. The Bertz CT molecular complexity index is 403. The second kappa shape index (κ2) is 7.41. The molecule has 1 heterocycles. The Labute approximate surface area is 104 Å². The second-order valence-electron chi connectivity index (χ2n) is 3.63. The lowest BCUT2D eigenvalue weighted by molar-refractivity contribution is -0.670. The normalized spacial score (nSPS) is 14.2. The molecule has 0 bridgehead atoms. The molecule has 0 spiro atoms. The lowest BCUT2D eigenvalue weighted by Gasteiger charge is -2.11. The van der Waals surface area contributed by atoms with E-state index in [1.165, 1.54) is 12.1 Å². The van der Waals surface area contributed by atoms with Crippen molar-refractivity contribution < 1.29 is 29.9 Å². The van der Waals surface area contributed by atoms with Crippen molar-refractivity contribution in [3.63, 3.8) is 0 Å². The summed E-state index contributed by atoms with van der Waals surface area (Å²) in [5.74, 6) is -2.05. The molecule has 1 fully saturated rings. The van der Waals surface area contributed by atoms with Gasteiger partial charge < -0.3 is 20.3 Å². The molecule has 0 aliphatic carbocycles. The Morgan fingerprint density at radius 2 is 2.06 bits per heavy atom. The van der Waals surface area contributed by atoms with Crippen molar-refractivity contribution in [2.75, 3.05) is 26.3 Å². The largest absolute Gasteiger partial charge is 0.871 e. The van der Waals surface area contributed by atoms with Gasteiger partial charge in [-0.25, -0.2) is 4.79 Å². The molecule has 18 heavy (non-hydrogen) atoms. The topological polar surface area (TPSA) is 103 Å². The molecule has 1 aromatic carbocycles. The molecule has 1 aliphatic heterocycles. The van der Waals surface area contributed by atoms with Gasteiger partial charge in [-0.2, -0.15) is 0 Å². The van der Waals surface area contributed by atoms with Gasteiger partial charge in [0, 0.05) is 5.56 Å². The first-order valence-electron chi connectivity index (χ1n) is 5.54. The Hall–Kier alpha value is -1.92. The van der Waals surface area contributed by atoms with E-state index in [2.05, 4.69) is 5.32 Å². The van der Waals surface area contributed by atoms with Gasteiger partial charge in [-0.1, -0.05) is 17.9 Å². The number of hydrogen-bond acceptors (Lipinski definition) is 4. The maximum absolute atomic E-state index is 11.0. The second-order valence-corrected chi connectivity index (χ2v) is 3.63. The van der Waals surface area contributed by atoms with E-state index in [1.807, 2.05) is 0 Å². The third-order valence-electron chi connectivity index (χ3n) is 2.34. The fourth-order valence-electron chi connectivity index (χ4n) is 1.40. The van der Waals surface area contributed by atoms with E-state index in [0.29, 0.717) is 6.29 Å². The van der Waals surface area contributed by atoms with Crippen molar-refractivity contribution in [1.29, 1.82) is 0 Å². The number of carbonyl (C=O) groups is 2. The number of carboxylic acid groups (broad SMARTS) is 1. The van der Waals surface area contributed by atoms with Crippen LogP contribution in [0.5, 0.6) is 5.75 Å². The van der Waals surface area contributed by atoms with Gasteiger partial charge in [0.1, 0.15) is 6.29 Å². The summed E-state index contributed by atoms with van der Waals surface area (Å²) in [6, 6.07) is 3.80. The van der Waals surface area contributed by atoms with Gasteiger partial charge in [0.05, 0.1) is 31.9 Å². The Balaban J connectivity index is 0.000000225. The molecule has 0 atom stereocenters. The maximum Gasteiger partial charge on any atom is 0.335 e. The zero-order chi connectivity index (χ0) is 13.4. The smallest absolute Gasteiger partial charge is 0.335 e. The summed E-state index contributed by atoms with van der Waals surface area (Å²) in [7, 11) is 0. The molecule has 1 saturated heterocycles. The predicted molar refractivity (Wildman–Crippen MR) is 60.7 cm³/mol. The zero-order valence-corrected chi connectivity index (χ0v) is 9.80. The number of ether oxygens (including phenoxy) is 1. The van der Waals surface area contributed by atoms with Crippen molar-refractivity contribution in [2.24, 2.45) is 0 Å². The van der Waals surface area contributed by atoms with Crippen LogP contribution in [0.15, 0.2) is 18.2 Å². The van der Waals surface area contributed by atoms with E-state index in [9.17, 15) is 14.7 Å². The van der Waals surface area contributed by atoms with Crippen LogP contribution >= 0.6 is 0 Å². The monoisotopic (exact) mass is 253 g/mol. The summed E-state index contributed by atoms with van der Waals surface area (Å²) in [6.45, 7) is 4.19. The number of hydrogen-bond donors (Lipinski definition) is 2. The summed E-state index contributed by atoms with van der Waals surface area (Å²) >= 11 is 0. The highest BCUT2D eigenvalue weighted by Crippen LogP contribution is 2.16. The lowest BCUT2D eigenvalue weighted by Crippen LogP contribution is -2.87. The van der Waals surface area contributed by atoms with Gasteiger partial charge in [-0.3, -0.25) is 4.79 Å². The average molecular weight is 253 g/mol. The zero-order valence-electron chi connectivity index (χ0n) is 9.80. The number of morpholine rings is 1. The molecule has 98 valence electrons. The van der Waals surface area contributed by atoms with Crippen LogP contribution in [0.2, 0.25) is 0 Å². The van der Waals surface area contributed by atoms with Crippen LogP contribution in [-0.4, -0.2) is 43.7 Å². The summed E-state index contributed by atoms with van der Waals surface area (Å²) in [6.07, 6.45) is 0.342. The quantitative estimate of drug-likeness (QED) is 0.648. The number of carbonyl (C=O) groups excluding carboxylic acids is 1. The molecule has 0 amide bonds. The molecule has 6 heteroatoms. The molecule has 1 aromatic rings. The first-order valence-corrected chi connectivity index (χ1v) is 5.54. The van der Waals surface area contributed by atoms with Crippen LogP contribution < -0.4 is 10.4 Å². The molecular weight excluding hydrogens is 238 g/mol. The third kappa shape index (κ3) is 4.15. The molecule has 0 aromatic heterocycles. The van der Waals surface area contributed by atoms with Gasteiger partial charge in [0.25, 0.3) is 0 Å². The minimum atomic E-state index is -1.32. The van der Waals surface area contributed by atoms with Crippen LogP contribution in [0, 0.1) is 0 Å². The highest BCUT2D eigenvalue weighted by Gasteiger charge is 2.04. The van der Waals surface area contributed by atoms with Crippen LogP contribution in [-0.2, 0) is 4.74 Å². The summed E-state index contributed by atoms with van der Waals surface area (Å²) in [4.78, 5) is 20.6. The average Bonchev–Trinajstić information content (AvgIpc) is 2.41. The number of aromatic carboxylic acids is 1. The molecular formula is C12H15NO5. The fourth-order valence-corrected chi connectivity index (χ4v) is 1.40. The Kier molecular flexibility index (Phi) is 5.83. The molecule has 6 nitrogen and oxygen atoms in total. The molecule has 0 unspecified atom stereocenters. The van der Waals surface area contributed by atoms with E-state index in [0.717, 1.165) is 32.4 Å². The molecule has 3 N–H and O–H groups in total. The van der Waals surface area contributed by atoms with Crippen LogP contribution in [0.4, 0.5) is 0 Å². The van der Waals surface area contributed by atoms with Crippen molar-refractivity contribution >= 4 is 12.3 Å². The molecule has 1 aliphatic rings. The van der Waals surface area contributed by atoms with E-state index >= 15 is 0 Å². The number of rotatable bonds is 2. The summed E-state index contributed by atoms with van der Waals surface area (Å²) in [5.41, 5.74) is -0.505. The highest BCUT2D eigenvalue weighted by atomic mass is 16.5. The Morgan fingerprint density at radius 1 is 1.39 bits per heavy atom. The minimum Gasteiger partial charge on any atom is -0.871 e. The molecule has 0 saturated carbocycles. The summed E-state index contributed by atoms with van der Waals surface area (Å²) < 4.78 is 5.04. The van der Waals surface area contributed by atoms with Crippen molar-refractivity contribution in [3.05, 3.63) is 29.3 Å². The van der Waals surface area contributed by atoms with Gasteiger partial charge in [0.2, 0.25) is 0 Å². The van der Waals surface area contributed by atoms with E-state index in [-0.39, 0.29) is 11.1 Å². The van der Waals surface area contributed by atoms with Crippen LogP contribution in [0.25, 0.3) is 0 Å². The first-order chi connectivity index (χ1) is 8.66. The highest BCUT2D eigenvalue weighted by molar-refractivity contribution is 5.94. The number of benzene rings is 1. The molecule has 0 radical (unpaired) electrons. The SMILES string of the molecule is C1COCC[NH2+]1.O=Cc1cccc(C(=O)O)c1[O-]. The van der Waals surface area contributed by atoms with Crippen molar-refractivity contribution in [2.45, 2.75) is 0 Å². The van der Waals surface area contributed by atoms with Gasteiger partial charge in [-0.05, 0) is 6.07 Å². The van der Waals surface area contributed by atoms with E-state index in [1.54, 1.807) is 0 Å². The van der Waals surface area contributed by atoms with Crippen LogP contribution in [0.1, 0.15) is 20.7 Å². The van der Waals surface area contributed by atoms with Crippen LogP contribution in [0.3, 0.4) is 0 Å². The van der Waals surface area contributed by atoms with Gasteiger partial charge in [-0.15, -0.1) is 0 Å². The number of carboxylic acids is 1. The van der Waals surface area contributed by atoms with Gasteiger partial charge >= 0.3 is 5.97 Å². The van der Waals surface area contributed by atoms with Crippen molar-refractivity contribution in [1.82, 2.24) is 0 Å². The maximum atomic E-state index is 11.0. The van der Waals surface area contributed by atoms with E-state index in [4.69, 9.17) is 9.84 Å². The fraction of sp³-hybridized carbons (Fsp3) is 0.333. The Morgan fingerprint density at radius 3 is 2.44 bits per heavy atom. The summed E-state index contributed by atoms with van der Waals surface area (Å²) in [5, 5.41) is 21.8. The van der Waals surface area contributed by atoms with E-state index < -0.39 is 11.7 Å². The standard InChI is InChI=1S/C8H6O4.C4H9NO/c9-4-5-2-1-3-6(7(5)10)8(11)12;1-3-6-4-2-5-1/h1-4,10H,(H,11,12);5H,1-4H2.